The van der Waals surface area contributed by atoms with Crippen LogP contribution in [0.5, 0.6) is 0 Å². The Hall–Kier alpha value is -0.350. The molecule has 62 valence electrons. The summed E-state index contributed by atoms with van der Waals surface area (Å²) < 4.78 is 5.36. The third-order valence-corrected chi connectivity index (χ3v) is 2.08. The Morgan fingerprint density at radius 3 is 3.00 bits per heavy atom. The number of hydrogen-bond acceptors (Lipinski definition) is 2. The summed E-state index contributed by atoms with van der Waals surface area (Å²) in [5.41, 5.74) is 0. The van der Waals surface area contributed by atoms with Crippen molar-refractivity contribution in [2.45, 2.75) is 18.8 Å². The van der Waals surface area contributed by atoms with E-state index >= 15 is 0 Å². The highest BCUT2D eigenvalue weighted by molar-refractivity contribution is 9.09. The number of hydrogen-bond donors (Lipinski definition) is 1. The average Bonchev–Trinajstić information content (AvgIpc) is 1.96. The summed E-state index contributed by atoms with van der Waals surface area (Å²) in [6.07, 6.45) is 2.06. The van der Waals surface area contributed by atoms with E-state index in [1.807, 2.05) is 0 Å². The first-order valence-corrected chi connectivity index (χ1v) is 4.51. The molecule has 0 saturated carbocycles. The highest BCUT2D eigenvalue weighted by atomic mass is 79.9. The summed E-state index contributed by atoms with van der Waals surface area (Å²) in [4.78, 5) is 10.4. The van der Waals surface area contributed by atoms with Crippen molar-refractivity contribution in [1.29, 1.82) is 0 Å². The first-order valence-electron chi connectivity index (χ1n) is 3.39. The normalized spacial score (nSPS) is 25.2. The van der Waals surface area contributed by atoms with Gasteiger partial charge >= 0.3 is 0 Å². The van der Waals surface area contributed by atoms with E-state index in [0.717, 1.165) is 0 Å². The molecule has 1 N–H and O–H groups in total. The Labute approximate surface area is 73.9 Å². The number of carbonyl (C=O) groups excluding carboxylic acids is 1. The lowest BCUT2D eigenvalue weighted by atomic mass is 10.2. The molecule has 1 aliphatic heterocycles. The Morgan fingerprint density at radius 2 is 2.64 bits per heavy atom. The molecule has 0 aromatic carbocycles. The number of ether oxygens (including phenoxy) is 1. The third-order valence-electron chi connectivity index (χ3n) is 1.45. The Bertz CT molecular complexity index is 164. The number of amides is 1. The van der Waals surface area contributed by atoms with Crippen molar-refractivity contribution in [2.75, 3.05) is 5.33 Å². The second kappa shape index (κ2) is 3.88. The zero-order valence-corrected chi connectivity index (χ0v) is 7.63. The first-order chi connectivity index (χ1) is 5.26. The number of alkyl halides is 1. The predicted molar refractivity (Wildman–Crippen MR) is 45.4 cm³/mol. The van der Waals surface area contributed by atoms with Crippen LogP contribution in [0.1, 0.15) is 6.42 Å². The van der Waals surface area contributed by atoms with Gasteiger partial charge in [-0.05, 0) is 0 Å². The van der Waals surface area contributed by atoms with Gasteiger partial charge in [0, 0.05) is 5.33 Å². The molecule has 2 atom stereocenters. The highest BCUT2D eigenvalue weighted by Gasteiger charge is 2.27. The molecule has 1 fully saturated rings. The van der Waals surface area contributed by atoms with Crippen LogP contribution in [0, 0.1) is 0 Å². The van der Waals surface area contributed by atoms with Gasteiger partial charge in [-0.1, -0.05) is 22.0 Å². The van der Waals surface area contributed by atoms with E-state index in [-0.39, 0.29) is 18.2 Å². The fourth-order valence-electron chi connectivity index (χ4n) is 0.775. The summed E-state index contributed by atoms with van der Waals surface area (Å²) in [5.74, 6) is 0.0485. The van der Waals surface area contributed by atoms with E-state index in [2.05, 4.69) is 27.8 Å². The SMILES string of the molecule is C=CC(CBr)OC1CC(=O)N1. The van der Waals surface area contributed by atoms with Gasteiger partial charge in [0.1, 0.15) is 6.23 Å². The minimum Gasteiger partial charge on any atom is -0.350 e. The van der Waals surface area contributed by atoms with E-state index in [9.17, 15) is 4.79 Å². The summed E-state index contributed by atoms with van der Waals surface area (Å²) in [6, 6.07) is 0. The molecule has 2 unspecified atom stereocenters. The molecule has 0 aromatic heterocycles. The maximum absolute atomic E-state index is 10.4. The van der Waals surface area contributed by atoms with Crippen LogP contribution in [0.2, 0.25) is 0 Å². The largest absolute Gasteiger partial charge is 0.350 e. The van der Waals surface area contributed by atoms with Gasteiger partial charge in [0.05, 0.1) is 12.5 Å². The minimum atomic E-state index is -0.108. The van der Waals surface area contributed by atoms with Crippen LogP contribution in [-0.4, -0.2) is 23.6 Å². The second-order valence-corrected chi connectivity index (χ2v) is 2.97. The van der Waals surface area contributed by atoms with E-state index < -0.39 is 0 Å². The molecule has 4 heteroatoms. The zero-order chi connectivity index (χ0) is 8.27. The second-order valence-electron chi connectivity index (χ2n) is 2.32. The predicted octanol–water partition coefficient (Wildman–Crippen LogP) is 0.798. The lowest BCUT2D eigenvalue weighted by molar-refractivity contribution is -0.142. The van der Waals surface area contributed by atoms with E-state index in [1.54, 1.807) is 6.08 Å². The number of carbonyl (C=O) groups is 1. The molecule has 1 heterocycles. The molecule has 0 aromatic rings. The van der Waals surface area contributed by atoms with E-state index in [0.29, 0.717) is 11.8 Å². The van der Waals surface area contributed by atoms with Crippen molar-refractivity contribution >= 4 is 21.8 Å². The maximum Gasteiger partial charge on any atom is 0.226 e. The molecule has 1 rings (SSSR count). The molecule has 0 radical (unpaired) electrons. The van der Waals surface area contributed by atoms with Gasteiger partial charge in [0.15, 0.2) is 0 Å². The number of rotatable bonds is 4. The standard InChI is InChI=1S/C7H10BrNO2/c1-2-5(4-8)11-7-3-6(10)9-7/h2,5,7H,1,3-4H2,(H,9,10). The van der Waals surface area contributed by atoms with Gasteiger partial charge < -0.3 is 10.1 Å². The van der Waals surface area contributed by atoms with Crippen LogP contribution in [0.15, 0.2) is 12.7 Å². The molecular formula is C7H10BrNO2. The van der Waals surface area contributed by atoms with E-state index in [1.165, 1.54) is 0 Å². The third kappa shape index (κ3) is 2.31. The van der Waals surface area contributed by atoms with Crippen molar-refractivity contribution in [3.05, 3.63) is 12.7 Å². The first kappa shape index (κ1) is 8.74. The van der Waals surface area contributed by atoms with Crippen molar-refractivity contribution in [3.8, 4) is 0 Å². The number of β-lactam (4-membered cyclic amide) rings is 1. The fourth-order valence-corrected chi connectivity index (χ4v) is 1.19. The quantitative estimate of drug-likeness (QED) is 0.432. The Kier molecular flexibility index (Phi) is 3.08. The maximum atomic E-state index is 10.4. The van der Waals surface area contributed by atoms with Crippen LogP contribution in [0.25, 0.3) is 0 Å². The molecule has 1 aliphatic rings. The smallest absolute Gasteiger partial charge is 0.226 e. The lowest BCUT2D eigenvalue weighted by Gasteiger charge is -2.29. The van der Waals surface area contributed by atoms with Crippen molar-refractivity contribution in [3.63, 3.8) is 0 Å². The topological polar surface area (TPSA) is 38.3 Å². The van der Waals surface area contributed by atoms with Crippen molar-refractivity contribution < 1.29 is 9.53 Å². The summed E-state index contributed by atoms with van der Waals surface area (Å²) in [6.45, 7) is 3.59. The van der Waals surface area contributed by atoms with Gasteiger partial charge in [-0.15, -0.1) is 6.58 Å². The molecular weight excluding hydrogens is 210 g/mol. The van der Waals surface area contributed by atoms with Gasteiger partial charge in [-0.25, -0.2) is 0 Å². The van der Waals surface area contributed by atoms with Crippen LogP contribution >= 0.6 is 15.9 Å². The molecule has 0 aliphatic carbocycles. The molecule has 0 spiro atoms. The Morgan fingerprint density at radius 1 is 2.00 bits per heavy atom. The van der Waals surface area contributed by atoms with Gasteiger partial charge in [-0.3, -0.25) is 4.79 Å². The molecule has 0 bridgehead atoms. The van der Waals surface area contributed by atoms with Gasteiger partial charge in [0.25, 0.3) is 0 Å². The van der Waals surface area contributed by atoms with E-state index in [4.69, 9.17) is 4.74 Å². The molecule has 1 saturated heterocycles. The zero-order valence-electron chi connectivity index (χ0n) is 6.05. The van der Waals surface area contributed by atoms with Crippen molar-refractivity contribution in [1.82, 2.24) is 5.32 Å². The fraction of sp³-hybridized carbons (Fsp3) is 0.571. The average molecular weight is 220 g/mol. The molecule has 3 nitrogen and oxygen atoms in total. The Balaban J connectivity index is 2.19. The minimum absolute atomic E-state index is 0.0133. The monoisotopic (exact) mass is 219 g/mol. The summed E-state index contributed by atoms with van der Waals surface area (Å²) in [7, 11) is 0. The summed E-state index contributed by atoms with van der Waals surface area (Å²) >= 11 is 3.26. The molecule has 1 amide bonds. The van der Waals surface area contributed by atoms with Crippen LogP contribution in [-0.2, 0) is 9.53 Å². The molecule has 11 heavy (non-hydrogen) atoms. The lowest BCUT2D eigenvalue weighted by Crippen LogP contribution is -2.51. The number of nitrogens with one attached hydrogen (secondary N) is 1. The van der Waals surface area contributed by atoms with Gasteiger partial charge in [0.2, 0.25) is 5.91 Å². The van der Waals surface area contributed by atoms with Crippen molar-refractivity contribution in [2.24, 2.45) is 0 Å². The van der Waals surface area contributed by atoms with Crippen LogP contribution in [0.4, 0.5) is 0 Å². The summed E-state index contributed by atoms with van der Waals surface area (Å²) in [5, 5.41) is 3.32. The number of halogens is 1. The highest BCUT2D eigenvalue weighted by Crippen LogP contribution is 2.10. The van der Waals surface area contributed by atoms with Crippen LogP contribution < -0.4 is 5.32 Å². The van der Waals surface area contributed by atoms with Gasteiger partial charge in [-0.2, -0.15) is 0 Å². The van der Waals surface area contributed by atoms with Crippen LogP contribution in [0.3, 0.4) is 0 Å².